The number of nitrogens with two attached hydrogens (primary N) is 2. The van der Waals surface area contributed by atoms with Gasteiger partial charge in [0.2, 0.25) is 0 Å². The van der Waals surface area contributed by atoms with Gasteiger partial charge in [0.05, 0.1) is 14.2 Å². The number of carbonyl (C=O) groups is 4. The summed E-state index contributed by atoms with van der Waals surface area (Å²) in [5.41, 5.74) is 10.2. The quantitative estimate of drug-likeness (QED) is 0.289. The van der Waals surface area contributed by atoms with Crippen molar-refractivity contribution in [3.8, 4) is 0 Å². The maximum atomic E-state index is 10.5. The molecule has 0 spiro atoms. The van der Waals surface area contributed by atoms with Crippen LogP contribution in [0.25, 0.3) is 0 Å². The first-order chi connectivity index (χ1) is 10.1. The minimum atomic E-state index is -1.10. The van der Waals surface area contributed by atoms with Crippen molar-refractivity contribution in [2.24, 2.45) is 11.5 Å². The minimum absolute atomic E-state index is 0. The van der Waals surface area contributed by atoms with E-state index in [2.05, 4.69) is 9.47 Å². The Bertz CT molecular complexity index is 355. The van der Waals surface area contributed by atoms with Crippen molar-refractivity contribution in [3.63, 3.8) is 0 Å². The number of ether oxygens (including phenoxy) is 2. The largest absolute Gasteiger partial charge is 0.480 e. The van der Waals surface area contributed by atoms with Crippen molar-refractivity contribution in [1.29, 1.82) is 0 Å². The maximum absolute atomic E-state index is 10.5. The van der Waals surface area contributed by atoms with E-state index in [1.807, 2.05) is 0 Å². The first kappa shape index (κ1) is 26.2. The second kappa shape index (κ2) is 15.2. The molecule has 0 bridgehead atoms. The molecule has 0 amide bonds. The van der Waals surface area contributed by atoms with E-state index < -0.39 is 36.0 Å². The zero-order chi connectivity index (χ0) is 17.7. The van der Waals surface area contributed by atoms with Crippen LogP contribution >= 0.6 is 0 Å². The Morgan fingerprint density at radius 3 is 1.26 bits per heavy atom. The fourth-order valence-electron chi connectivity index (χ4n) is 0.998. The van der Waals surface area contributed by atoms with Gasteiger partial charge in [0.1, 0.15) is 12.1 Å². The normalized spacial score (nSPS) is 11.7. The summed E-state index contributed by atoms with van der Waals surface area (Å²) < 4.78 is 8.59. The Morgan fingerprint density at radius 1 is 0.826 bits per heavy atom. The Labute approximate surface area is 143 Å². The number of rotatable bonds is 8. The third-order valence-corrected chi connectivity index (χ3v) is 2.41. The van der Waals surface area contributed by atoms with Crippen LogP contribution in [0.1, 0.15) is 25.7 Å². The molecule has 0 heterocycles. The first-order valence-electron chi connectivity index (χ1n) is 6.26. The summed E-state index contributed by atoms with van der Waals surface area (Å²) >= 11 is 0. The molecular weight excluding hydrogens is 364 g/mol. The molecule has 2 atom stereocenters. The average Bonchev–Trinajstić information content (AvgIpc) is 2.49. The molecule has 11 heteroatoms. The van der Waals surface area contributed by atoms with Crippen molar-refractivity contribution in [2.45, 2.75) is 37.8 Å². The molecule has 1 radical (unpaired) electrons. The fourth-order valence-corrected chi connectivity index (χ4v) is 0.998. The van der Waals surface area contributed by atoms with E-state index in [4.69, 9.17) is 21.7 Å². The van der Waals surface area contributed by atoms with Gasteiger partial charge in [-0.3, -0.25) is 19.2 Å². The molecule has 0 rings (SSSR count). The zero-order valence-electron chi connectivity index (χ0n) is 12.8. The van der Waals surface area contributed by atoms with Gasteiger partial charge in [-0.15, -0.1) is 0 Å². The molecule has 0 saturated carbocycles. The van der Waals surface area contributed by atoms with E-state index in [0.29, 0.717) is 0 Å². The minimum Gasteiger partial charge on any atom is -0.480 e. The van der Waals surface area contributed by atoms with Crippen LogP contribution in [-0.4, -0.2) is 60.4 Å². The Balaban J connectivity index is -0.000000333. The summed E-state index contributed by atoms with van der Waals surface area (Å²) in [6, 6.07) is -1.96. The van der Waals surface area contributed by atoms with Crippen molar-refractivity contribution < 1.29 is 55.9 Å². The summed E-state index contributed by atoms with van der Waals surface area (Å²) in [5, 5.41) is 16.6. The summed E-state index contributed by atoms with van der Waals surface area (Å²) in [4.78, 5) is 41.2. The number of carbonyl (C=O) groups excluding carboxylic acids is 2. The summed E-state index contributed by atoms with van der Waals surface area (Å²) in [5.74, 6) is -3.09. The Kier molecular flexibility index (Phi) is 17.4. The number of aliphatic carboxylic acids is 2. The summed E-state index contributed by atoms with van der Waals surface area (Å²) in [6.07, 6.45) is 0.317. The van der Waals surface area contributed by atoms with Crippen LogP contribution in [0, 0.1) is 0 Å². The van der Waals surface area contributed by atoms with Gasteiger partial charge in [-0.2, -0.15) is 0 Å². The van der Waals surface area contributed by atoms with Crippen LogP contribution in [0.3, 0.4) is 0 Å². The van der Waals surface area contributed by atoms with Gasteiger partial charge in [-0.1, -0.05) is 0 Å². The molecule has 0 unspecified atom stereocenters. The predicted octanol–water partition coefficient (Wildman–Crippen LogP) is -1.30. The van der Waals surface area contributed by atoms with Gasteiger partial charge in [0.25, 0.3) is 0 Å². The van der Waals surface area contributed by atoms with Crippen molar-refractivity contribution in [1.82, 2.24) is 0 Å². The second-order valence-corrected chi connectivity index (χ2v) is 4.12. The molecule has 6 N–H and O–H groups in total. The predicted molar refractivity (Wildman–Crippen MR) is 73.7 cm³/mol. The molecule has 0 aromatic rings. The van der Waals surface area contributed by atoms with Crippen LogP contribution in [0.2, 0.25) is 0 Å². The fraction of sp³-hybridized carbons (Fsp3) is 0.667. The van der Waals surface area contributed by atoms with E-state index in [-0.39, 0.29) is 42.8 Å². The second-order valence-electron chi connectivity index (χ2n) is 4.12. The molecular formula is C12H22CuN2O8. The van der Waals surface area contributed by atoms with E-state index in [9.17, 15) is 19.2 Å². The molecule has 0 aliphatic heterocycles. The summed E-state index contributed by atoms with van der Waals surface area (Å²) in [7, 11) is 2.49. The third-order valence-electron chi connectivity index (χ3n) is 2.41. The van der Waals surface area contributed by atoms with Crippen LogP contribution in [-0.2, 0) is 45.7 Å². The number of carboxylic acid groups (broad SMARTS) is 2. The monoisotopic (exact) mass is 385 g/mol. The van der Waals surface area contributed by atoms with Crippen molar-refractivity contribution in [2.75, 3.05) is 14.2 Å². The van der Waals surface area contributed by atoms with E-state index in [1.54, 1.807) is 0 Å². The van der Waals surface area contributed by atoms with E-state index in [0.717, 1.165) is 0 Å². The number of esters is 2. The molecule has 139 valence electrons. The van der Waals surface area contributed by atoms with Crippen LogP contribution in [0.15, 0.2) is 0 Å². The van der Waals surface area contributed by atoms with Crippen LogP contribution < -0.4 is 11.5 Å². The number of hydrogen-bond acceptors (Lipinski definition) is 8. The Morgan fingerprint density at radius 2 is 1.09 bits per heavy atom. The maximum Gasteiger partial charge on any atom is 0.320 e. The van der Waals surface area contributed by atoms with Gasteiger partial charge < -0.3 is 31.2 Å². The van der Waals surface area contributed by atoms with E-state index >= 15 is 0 Å². The van der Waals surface area contributed by atoms with Gasteiger partial charge in [0.15, 0.2) is 0 Å². The topological polar surface area (TPSA) is 179 Å². The van der Waals surface area contributed by atoms with Gasteiger partial charge in [-0.05, 0) is 12.8 Å². The molecule has 10 nitrogen and oxygen atoms in total. The first-order valence-corrected chi connectivity index (χ1v) is 6.26. The number of methoxy groups -OCH3 is 2. The molecule has 0 fully saturated rings. The van der Waals surface area contributed by atoms with Gasteiger partial charge in [-0.25, -0.2) is 0 Å². The molecule has 23 heavy (non-hydrogen) atoms. The van der Waals surface area contributed by atoms with Crippen molar-refractivity contribution in [3.05, 3.63) is 0 Å². The van der Waals surface area contributed by atoms with E-state index in [1.165, 1.54) is 14.2 Å². The smallest absolute Gasteiger partial charge is 0.320 e. The molecule has 0 saturated heterocycles. The third kappa shape index (κ3) is 16.5. The summed E-state index contributed by atoms with van der Waals surface area (Å²) in [6.45, 7) is 0. The number of hydrogen-bond donors (Lipinski definition) is 4. The average molecular weight is 386 g/mol. The number of carboxylic acids is 2. The molecule has 0 aliphatic rings. The van der Waals surface area contributed by atoms with Crippen molar-refractivity contribution >= 4 is 23.9 Å². The molecule has 0 aromatic carbocycles. The van der Waals surface area contributed by atoms with Gasteiger partial charge in [0, 0.05) is 29.9 Å². The van der Waals surface area contributed by atoms with Crippen LogP contribution in [0.4, 0.5) is 0 Å². The Hall–Kier alpha value is -1.68. The van der Waals surface area contributed by atoms with Crippen LogP contribution in [0.5, 0.6) is 0 Å². The SMILES string of the molecule is COC(=O)CC[C@H](N)C(=O)O.COC(=O)CC[C@H](N)C(=O)O.[Cu]. The standard InChI is InChI=1S/2C6H11NO4.Cu/c2*1-11-5(8)3-2-4(7)6(9)10;/h2*4H,2-3,7H2,1H3,(H,9,10);/t2*4-;/m00./s1. The molecule has 0 aliphatic carbocycles. The zero-order valence-corrected chi connectivity index (χ0v) is 13.7. The molecule has 0 aromatic heterocycles. The van der Waals surface area contributed by atoms with Gasteiger partial charge >= 0.3 is 23.9 Å².